The molecule has 3 N–H and O–H groups in total. The summed E-state index contributed by atoms with van der Waals surface area (Å²) in [5.74, 6) is 0.340. The van der Waals surface area contributed by atoms with E-state index < -0.39 is 0 Å². The Morgan fingerprint density at radius 3 is 2.64 bits per heavy atom. The summed E-state index contributed by atoms with van der Waals surface area (Å²) in [7, 11) is 0. The number of nitrogens with two attached hydrogens (primary N) is 1. The summed E-state index contributed by atoms with van der Waals surface area (Å²) >= 11 is 0. The molecular weight excluding hydrogens is 180 g/mol. The maximum atomic E-state index is 11.4. The number of nitrogens with zero attached hydrogens (tertiary/aromatic N) is 2. The smallest absolute Gasteiger partial charge is 0.261 e. The fraction of sp³-hybridized carbons (Fsp3) is 0. The maximum Gasteiger partial charge on any atom is 0.261 e. The van der Waals surface area contributed by atoms with Crippen LogP contribution in [0, 0.1) is 0 Å². The molecule has 2 rings (SSSR count). The molecule has 0 fully saturated rings. The number of nitrogen functional groups attached to an aromatic ring is 1. The lowest BCUT2D eigenvalue weighted by molar-refractivity contribution is 1.14. The molecule has 0 bridgehead atoms. The molecule has 0 aliphatic rings. The van der Waals surface area contributed by atoms with Crippen LogP contribution in [0.1, 0.15) is 0 Å². The van der Waals surface area contributed by atoms with Crippen molar-refractivity contribution in [3.8, 4) is 11.4 Å². The van der Waals surface area contributed by atoms with Gasteiger partial charge in [-0.15, -0.1) is 0 Å². The molecule has 0 radical (unpaired) electrons. The number of pyridine rings is 1. The third kappa shape index (κ3) is 1.35. The van der Waals surface area contributed by atoms with Crippen molar-refractivity contribution >= 4 is 5.69 Å². The minimum absolute atomic E-state index is 0.281. The van der Waals surface area contributed by atoms with Crippen LogP contribution < -0.4 is 11.3 Å². The maximum absolute atomic E-state index is 11.4. The number of hydrogen-bond donors (Lipinski definition) is 2. The quantitative estimate of drug-likeness (QED) is 0.679. The first kappa shape index (κ1) is 8.43. The van der Waals surface area contributed by atoms with Crippen molar-refractivity contribution in [2.45, 2.75) is 0 Å². The summed E-state index contributed by atoms with van der Waals surface area (Å²) in [4.78, 5) is 21.9. The highest BCUT2D eigenvalue weighted by Gasteiger charge is 2.08. The van der Waals surface area contributed by atoms with Gasteiger partial charge in [0.1, 0.15) is 5.56 Å². The Balaban J connectivity index is 2.69. The van der Waals surface area contributed by atoms with Crippen molar-refractivity contribution in [2.24, 2.45) is 0 Å². The SMILES string of the molecule is Nc1cc[nH]c(=O)c1-c1ncccn1. The summed E-state index contributed by atoms with van der Waals surface area (Å²) < 4.78 is 0. The molecule has 0 aliphatic carbocycles. The van der Waals surface area contributed by atoms with Gasteiger partial charge in [-0.05, 0) is 12.1 Å². The number of aromatic amines is 1. The molecule has 70 valence electrons. The van der Waals surface area contributed by atoms with E-state index in [1.165, 1.54) is 6.20 Å². The Kier molecular flexibility index (Phi) is 1.98. The summed E-state index contributed by atoms with van der Waals surface area (Å²) in [6.07, 6.45) is 4.62. The van der Waals surface area contributed by atoms with Crippen molar-refractivity contribution in [1.29, 1.82) is 0 Å². The Morgan fingerprint density at radius 1 is 1.29 bits per heavy atom. The first-order chi connectivity index (χ1) is 6.79. The molecule has 0 atom stereocenters. The average molecular weight is 188 g/mol. The first-order valence-electron chi connectivity index (χ1n) is 4.03. The minimum atomic E-state index is -0.281. The lowest BCUT2D eigenvalue weighted by Gasteiger charge is -2.00. The van der Waals surface area contributed by atoms with E-state index in [2.05, 4.69) is 15.0 Å². The van der Waals surface area contributed by atoms with Gasteiger partial charge in [-0.2, -0.15) is 0 Å². The van der Waals surface area contributed by atoms with Gasteiger partial charge in [-0.1, -0.05) is 0 Å². The van der Waals surface area contributed by atoms with E-state index in [-0.39, 0.29) is 5.56 Å². The molecule has 0 aromatic carbocycles. The topological polar surface area (TPSA) is 84.7 Å². The zero-order valence-electron chi connectivity index (χ0n) is 7.27. The third-order valence-corrected chi connectivity index (χ3v) is 1.78. The highest BCUT2D eigenvalue weighted by molar-refractivity contribution is 5.69. The Hall–Kier alpha value is -2.17. The number of anilines is 1. The van der Waals surface area contributed by atoms with Crippen LogP contribution >= 0.6 is 0 Å². The first-order valence-corrected chi connectivity index (χ1v) is 4.03. The van der Waals surface area contributed by atoms with Crippen molar-refractivity contribution in [3.63, 3.8) is 0 Å². The van der Waals surface area contributed by atoms with Gasteiger partial charge in [-0.25, -0.2) is 9.97 Å². The molecule has 0 saturated heterocycles. The molecule has 0 aliphatic heterocycles. The van der Waals surface area contributed by atoms with Crippen LogP contribution in [0.2, 0.25) is 0 Å². The molecule has 0 spiro atoms. The van der Waals surface area contributed by atoms with Gasteiger partial charge in [0.05, 0.1) is 0 Å². The van der Waals surface area contributed by atoms with Gasteiger partial charge in [0.15, 0.2) is 5.82 Å². The number of H-pyrrole nitrogens is 1. The zero-order valence-corrected chi connectivity index (χ0v) is 7.27. The van der Waals surface area contributed by atoms with Crippen LogP contribution in [0.5, 0.6) is 0 Å². The lowest BCUT2D eigenvalue weighted by Crippen LogP contribution is -2.12. The Morgan fingerprint density at radius 2 is 2.00 bits per heavy atom. The minimum Gasteiger partial charge on any atom is -0.398 e. The normalized spacial score (nSPS) is 10.0. The third-order valence-electron chi connectivity index (χ3n) is 1.78. The number of rotatable bonds is 1. The van der Waals surface area contributed by atoms with Gasteiger partial charge in [0.2, 0.25) is 0 Å². The van der Waals surface area contributed by atoms with Gasteiger partial charge >= 0.3 is 0 Å². The van der Waals surface area contributed by atoms with Crippen molar-refractivity contribution in [3.05, 3.63) is 41.1 Å². The summed E-state index contributed by atoms with van der Waals surface area (Å²) in [5, 5.41) is 0. The number of hydrogen-bond acceptors (Lipinski definition) is 4. The highest BCUT2D eigenvalue weighted by Crippen LogP contribution is 2.15. The van der Waals surface area contributed by atoms with Crippen LogP contribution in [-0.2, 0) is 0 Å². The van der Waals surface area contributed by atoms with Gasteiger partial charge in [0, 0.05) is 24.3 Å². The van der Waals surface area contributed by atoms with Gasteiger partial charge < -0.3 is 10.7 Å². The molecule has 2 aromatic heterocycles. The van der Waals surface area contributed by atoms with E-state index in [1.54, 1.807) is 24.5 Å². The predicted molar refractivity (Wildman–Crippen MR) is 52.5 cm³/mol. The zero-order chi connectivity index (χ0) is 9.97. The average Bonchev–Trinajstić information content (AvgIpc) is 2.19. The summed E-state index contributed by atoms with van der Waals surface area (Å²) in [6, 6.07) is 3.28. The predicted octanol–water partition coefficient (Wildman–Crippen LogP) is 0.414. The lowest BCUT2D eigenvalue weighted by atomic mass is 10.2. The van der Waals surface area contributed by atoms with Gasteiger partial charge in [0.25, 0.3) is 5.56 Å². The van der Waals surface area contributed by atoms with E-state index in [4.69, 9.17) is 5.73 Å². The summed E-state index contributed by atoms with van der Waals surface area (Å²) in [6.45, 7) is 0. The van der Waals surface area contributed by atoms with E-state index >= 15 is 0 Å². The highest BCUT2D eigenvalue weighted by atomic mass is 16.1. The molecule has 0 saturated carbocycles. The van der Waals surface area contributed by atoms with Crippen LogP contribution in [-0.4, -0.2) is 15.0 Å². The molecule has 0 amide bonds. The largest absolute Gasteiger partial charge is 0.398 e. The fourth-order valence-corrected chi connectivity index (χ4v) is 1.15. The second-order valence-corrected chi connectivity index (χ2v) is 2.71. The molecule has 14 heavy (non-hydrogen) atoms. The standard InChI is InChI=1S/C9H8N4O/c10-6-2-5-13-9(14)7(6)8-11-3-1-4-12-8/h1-5H,(H3,10,13,14). The number of aromatic nitrogens is 3. The second-order valence-electron chi connectivity index (χ2n) is 2.71. The van der Waals surface area contributed by atoms with Crippen LogP contribution in [0.15, 0.2) is 35.5 Å². The van der Waals surface area contributed by atoms with Crippen molar-refractivity contribution in [1.82, 2.24) is 15.0 Å². The fourth-order valence-electron chi connectivity index (χ4n) is 1.15. The monoisotopic (exact) mass is 188 g/mol. The van der Waals surface area contributed by atoms with Crippen molar-refractivity contribution in [2.75, 3.05) is 5.73 Å². The summed E-state index contributed by atoms with van der Waals surface area (Å²) in [5.41, 5.74) is 6.06. The second kappa shape index (κ2) is 3.29. The molecular formula is C9H8N4O. The molecule has 5 nitrogen and oxygen atoms in total. The molecule has 0 unspecified atom stereocenters. The Bertz CT molecular complexity index is 492. The van der Waals surface area contributed by atoms with Crippen LogP contribution in [0.25, 0.3) is 11.4 Å². The number of nitrogens with one attached hydrogen (secondary N) is 1. The van der Waals surface area contributed by atoms with E-state index in [1.807, 2.05) is 0 Å². The van der Waals surface area contributed by atoms with Crippen molar-refractivity contribution < 1.29 is 0 Å². The van der Waals surface area contributed by atoms with E-state index in [0.717, 1.165) is 0 Å². The van der Waals surface area contributed by atoms with Crippen LogP contribution in [0.4, 0.5) is 5.69 Å². The Labute approximate surface area is 79.6 Å². The molecule has 2 heterocycles. The molecule has 5 heteroatoms. The van der Waals surface area contributed by atoms with Gasteiger partial charge in [-0.3, -0.25) is 4.79 Å². The van der Waals surface area contributed by atoms with E-state index in [0.29, 0.717) is 17.1 Å². The van der Waals surface area contributed by atoms with E-state index in [9.17, 15) is 4.79 Å². The van der Waals surface area contributed by atoms with Crippen LogP contribution in [0.3, 0.4) is 0 Å². The molecule has 2 aromatic rings.